The molecular weight excluding hydrogens is 316 g/mol. The van der Waals surface area contributed by atoms with Crippen LogP contribution in [0.15, 0.2) is 48.7 Å². The average molecular weight is 329 g/mol. The monoisotopic (exact) mass is 329 g/mol. The SMILES string of the molecule is O=C(CC(C(=O)O)c1c[nH]c2ccccc12)c1ccc(F)cc1F. The molecule has 6 heteroatoms. The predicted molar refractivity (Wildman–Crippen MR) is 84.0 cm³/mol. The van der Waals surface area contributed by atoms with E-state index in [4.69, 9.17) is 0 Å². The highest BCUT2D eigenvalue weighted by Gasteiger charge is 2.27. The molecule has 0 saturated heterocycles. The molecular formula is C18H13F2NO3. The van der Waals surface area contributed by atoms with Gasteiger partial charge >= 0.3 is 5.97 Å². The molecule has 3 aromatic rings. The predicted octanol–water partition coefficient (Wildman–Crippen LogP) is 3.89. The van der Waals surface area contributed by atoms with Crippen LogP contribution in [0.25, 0.3) is 10.9 Å². The number of para-hydroxylation sites is 1. The average Bonchev–Trinajstić information content (AvgIpc) is 2.96. The number of fused-ring (bicyclic) bond motifs is 1. The summed E-state index contributed by atoms with van der Waals surface area (Å²) in [5.74, 6) is -4.79. The second-order valence-corrected chi connectivity index (χ2v) is 5.43. The van der Waals surface area contributed by atoms with Gasteiger partial charge in [0.25, 0.3) is 0 Å². The molecule has 0 aliphatic heterocycles. The molecule has 24 heavy (non-hydrogen) atoms. The van der Waals surface area contributed by atoms with E-state index in [0.29, 0.717) is 17.0 Å². The normalized spacial score (nSPS) is 12.2. The minimum Gasteiger partial charge on any atom is -0.481 e. The van der Waals surface area contributed by atoms with Crippen LogP contribution in [-0.4, -0.2) is 21.8 Å². The number of carboxylic acid groups (broad SMARTS) is 1. The van der Waals surface area contributed by atoms with Crippen LogP contribution in [0.1, 0.15) is 28.3 Å². The first kappa shape index (κ1) is 15.9. The maximum absolute atomic E-state index is 13.7. The number of carbonyl (C=O) groups excluding carboxylic acids is 1. The molecule has 3 rings (SSSR count). The van der Waals surface area contributed by atoms with Gasteiger partial charge in [0.2, 0.25) is 0 Å². The Labute approximate surface area is 135 Å². The van der Waals surface area contributed by atoms with E-state index in [9.17, 15) is 23.5 Å². The Morgan fingerprint density at radius 2 is 1.88 bits per heavy atom. The van der Waals surface area contributed by atoms with E-state index >= 15 is 0 Å². The lowest BCUT2D eigenvalue weighted by Crippen LogP contribution is -2.17. The van der Waals surface area contributed by atoms with E-state index in [1.54, 1.807) is 24.3 Å². The Morgan fingerprint density at radius 1 is 1.12 bits per heavy atom. The van der Waals surface area contributed by atoms with Crippen LogP contribution >= 0.6 is 0 Å². The highest BCUT2D eigenvalue weighted by molar-refractivity contribution is 6.00. The summed E-state index contributed by atoms with van der Waals surface area (Å²) in [6, 6.07) is 9.71. The summed E-state index contributed by atoms with van der Waals surface area (Å²) in [7, 11) is 0. The highest BCUT2D eigenvalue weighted by Crippen LogP contribution is 2.29. The molecule has 0 aliphatic carbocycles. The van der Waals surface area contributed by atoms with Gasteiger partial charge in [0.05, 0.1) is 11.5 Å². The summed E-state index contributed by atoms with van der Waals surface area (Å²) in [6.45, 7) is 0. The van der Waals surface area contributed by atoms with Crippen molar-refractivity contribution in [1.82, 2.24) is 4.98 Å². The van der Waals surface area contributed by atoms with Crippen molar-refractivity contribution in [2.24, 2.45) is 0 Å². The van der Waals surface area contributed by atoms with Gasteiger partial charge in [-0.2, -0.15) is 0 Å². The van der Waals surface area contributed by atoms with Crippen LogP contribution in [0.3, 0.4) is 0 Å². The first-order valence-electron chi connectivity index (χ1n) is 7.24. The molecule has 0 radical (unpaired) electrons. The summed E-state index contributed by atoms with van der Waals surface area (Å²) < 4.78 is 26.7. The van der Waals surface area contributed by atoms with Gasteiger partial charge in [0.15, 0.2) is 5.78 Å². The molecule has 1 atom stereocenters. The van der Waals surface area contributed by atoms with Crippen LogP contribution < -0.4 is 0 Å². The molecule has 0 fully saturated rings. The molecule has 1 unspecified atom stereocenters. The Hall–Kier alpha value is -3.02. The van der Waals surface area contributed by atoms with Gasteiger partial charge in [-0.25, -0.2) is 8.78 Å². The Balaban J connectivity index is 1.95. The van der Waals surface area contributed by atoms with Crippen molar-refractivity contribution in [2.75, 3.05) is 0 Å². The largest absolute Gasteiger partial charge is 0.481 e. The highest BCUT2D eigenvalue weighted by atomic mass is 19.1. The minimum absolute atomic E-state index is 0.317. The number of ketones is 1. The van der Waals surface area contributed by atoms with Crippen LogP contribution in [0, 0.1) is 11.6 Å². The molecule has 0 saturated carbocycles. The third-order valence-electron chi connectivity index (χ3n) is 3.92. The molecule has 2 aromatic carbocycles. The van der Waals surface area contributed by atoms with E-state index < -0.39 is 35.7 Å². The van der Waals surface area contributed by atoms with E-state index in [-0.39, 0.29) is 5.56 Å². The minimum atomic E-state index is -1.18. The fourth-order valence-electron chi connectivity index (χ4n) is 2.72. The van der Waals surface area contributed by atoms with Gasteiger partial charge in [-0.15, -0.1) is 0 Å². The first-order chi connectivity index (χ1) is 11.5. The molecule has 4 nitrogen and oxygen atoms in total. The zero-order valence-corrected chi connectivity index (χ0v) is 12.4. The molecule has 122 valence electrons. The second kappa shape index (κ2) is 6.23. The van der Waals surface area contributed by atoms with Gasteiger partial charge in [0, 0.05) is 29.6 Å². The van der Waals surface area contributed by atoms with Crippen molar-refractivity contribution in [3.8, 4) is 0 Å². The smallest absolute Gasteiger partial charge is 0.311 e. The number of nitrogens with one attached hydrogen (secondary N) is 1. The lowest BCUT2D eigenvalue weighted by molar-refractivity contribution is -0.138. The van der Waals surface area contributed by atoms with Gasteiger partial charge < -0.3 is 10.1 Å². The molecule has 0 amide bonds. The number of carbonyl (C=O) groups is 2. The van der Waals surface area contributed by atoms with Gasteiger partial charge in [-0.1, -0.05) is 18.2 Å². The molecule has 0 aliphatic rings. The van der Waals surface area contributed by atoms with Gasteiger partial charge in [-0.3, -0.25) is 9.59 Å². The fraction of sp³-hybridized carbons (Fsp3) is 0.111. The van der Waals surface area contributed by atoms with Crippen molar-refractivity contribution in [1.29, 1.82) is 0 Å². The molecule has 0 spiro atoms. The van der Waals surface area contributed by atoms with Crippen LogP contribution in [0.5, 0.6) is 0 Å². The summed E-state index contributed by atoms with van der Waals surface area (Å²) in [5, 5.41) is 10.2. The molecule has 1 aromatic heterocycles. The Kier molecular flexibility index (Phi) is 4.12. The van der Waals surface area contributed by atoms with Crippen molar-refractivity contribution in [3.05, 3.63) is 71.4 Å². The third kappa shape index (κ3) is 2.90. The number of H-pyrrole nitrogens is 1. The first-order valence-corrected chi connectivity index (χ1v) is 7.24. The van der Waals surface area contributed by atoms with E-state index in [1.807, 2.05) is 0 Å². The van der Waals surface area contributed by atoms with Crippen LogP contribution in [0.4, 0.5) is 8.78 Å². The van der Waals surface area contributed by atoms with Crippen LogP contribution in [-0.2, 0) is 4.79 Å². The summed E-state index contributed by atoms with van der Waals surface area (Å²) in [4.78, 5) is 26.9. The summed E-state index contributed by atoms with van der Waals surface area (Å²) in [6.07, 6.45) is 1.12. The van der Waals surface area contributed by atoms with E-state index in [0.717, 1.165) is 17.6 Å². The number of rotatable bonds is 5. The lowest BCUT2D eigenvalue weighted by Gasteiger charge is -2.11. The van der Waals surface area contributed by atoms with Crippen molar-refractivity contribution < 1.29 is 23.5 Å². The van der Waals surface area contributed by atoms with Crippen molar-refractivity contribution in [3.63, 3.8) is 0 Å². The van der Waals surface area contributed by atoms with Gasteiger partial charge in [-0.05, 0) is 23.8 Å². The fourth-order valence-corrected chi connectivity index (χ4v) is 2.72. The zero-order valence-electron chi connectivity index (χ0n) is 12.4. The number of hydrogen-bond acceptors (Lipinski definition) is 2. The summed E-state index contributed by atoms with van der Waals surface area (Å²) in [5.41, 5.74) is 0.885. The standard InChI is InChI=1S/C18H13F2NO3/c19-10-5-6-12(15(20)7-10)17(22)8-13(18(23)24)14-9-21-16-4-2-1-3-11(14)16/h1-7,9,13,21H,8H2,(H,23,24). The van der Waals surface area contributed by atoms with Crippen molar-refractivity contribution >= 4 is 22.7 Å². The number of aromatic nitrogens is 1. The van der Waals surface area contributed by atoms with Crippen LogP contribution in [0.2, 0.25) is 0 Å². The summed E-state index contributed by atoms with van der Waals surface area (Å²) >= 11 is 0. The quantitative estimate of drug-likeness (QED) is 0.698. The third-order valence-corrected chi connectivity index (χ3v) is 3.92. The second-order valence-electron chi connectivity index (χ2n) is 5.43. The Bertz CT molecular complexity index is 933. The number of hydrogen-bond donors (Lipinski definition) is 2. The zero-order chi connectivity index (χ0) is 17.3. The molecule has 2 N–H and O–H groups in total. The molecule has 1 heterocycles. The topological polar surface area (TPSA) is 70.2 Å². The van der Waals surface area contributed by atoms with E-state index in [1.165, 1.54) is 6.20 Å². The number of benzene rings is 2. The van der Waals surface area contributed by atoms with Gasteiger partial charge in [0.1, 0.15) is 11.6 Å². The maximum Gasteiger partial charge on any atom is 0.311 e. The number of Topliss-reactive ketones (excluding diaryl/α,β-unsaturated/α-hetero) is 1. The number of aliphatic carboxylic acids is 1. The van der Waals surface area contributed by atoms with Crippen molar-refractivity contribution in [2.45, 2.75) is 12.3 Å². The van der Waals surface area contributed by atoms with E-state index in [2.05, 4.69) is 4.98 Å². The number of carboxylic acids is 1. The number of aromatic amines is 1. The number of halogens is 2. The maximum atomic E-state index is 13.7. The Morgan fingerprint density at radius 3 is 2.58 bits per heavy atom. The molecule has 0 bridgehead atoms. The lowest BCUT2D eigenvalue weighted by atomic mass is 9.91.